The molecule has 0 bridgehead atoms. The summed E-state index contributed by atoms with van der Waals surface area (Å²) in [5.41, 5.74) is 0.0957. The first-order valence-electron chi connectivity index (χ1n) is 6.18. The fourth-order valence-electron chi connectivity index (χ4n) is 2.10. The van der Waals surface area contributed by atoms with Crippen molar-refractivity contribution in [3.63, 3.8) is 0 Å². The van der Waals surface area contributed by atoms with Gasteiger partial charge in [0.05, 0.1) is 0 Å². The van der Waals surface area contributed by atoms with Crippen LogP contribution in [0.25, 0.3) is 0 Å². The van der Waals surface area contributed by atoms with Crippen LogP contribution in [0.5, 0.6) is 0 Å². The van der Waals surface area contributed by atoms with Crippen molar-refractivity contribution < 1.29 is 17.6 Å². The van der Waals surface area contributed by atoms with Crippen LogP contribution in [-0.4, -0.2) is 7.05 Å². The summed E-state index contributed by atoms with van der Waals surface area (Å²) in [6.45, 7) is 0. The van der Waals surface area contributed by atoms with Gasteiger partial charge in [0.2, 0.25) is 0 Å². The van der Waals surface area contributed by atoms with Gasteiger partial charge in [0.1, 0.15) is 11.6 Å². The molecule has 0 aliphatic carbocycles. The smallest absolute Gasteiger partial charge is 0.160 e. The highest BCUT2D eigenvalue weighted by Crippen LogP contribution is 2.29. The molecule has 2 rings (SSSR count). The standard InChI is InChI=1S/C15H12ClF4N/c1-21-15(6-9-11(17)3-2-4-12(9)18)8-5-13(19)14(20)7-10(8)16/h2-5,7,15,21H,6H2,1H3. The highest BCUT2D eigenvalue weighted by atomic mass is 35.5. The molecule has 0 saturated carbocycles. The zero-order valence-corrected chi connectivity index (χ0v) is 11.8. The van der Waals surface area contributed by atoms with Gasteiger partial charge in [-0.2, -0.15) is 0 Å². The number of benzene rings is 2. The molecule has 21 heavy (non-hydrogen) atoms. The summed E-state index contributed by atoms with van der Waals surface area (Å²) in [5, 5.41) is 2.79. The average Bonchev–Trinajstić information content (AvgIpc) is 2.43. The third-order valence-corrected chi connectivity index (χ3v) is 3.56. The van der Waals surface area contributed by atoms with Gasteiger partial charge in [-0.3, -0.25) is 0 Å². The Kier molecular flexibility index (Phi) is 4.85. The lowest BCUT2D eigenvalue weighted by Crippen LogP contribution is -2.21. The minimum atomic E-state index is -1.07. The zero-order chi connectivity index (χ0) is 15.6. The van der Waals surface area contributed by atoms with E-state index in [1.54, 1.807) is 7.05 Å². The monoisotopic (exact) mass is 317 g/mol. The molecule has 0 aliphatic heterocycles. The van der Waals surface area contributed by atoms with Crippen molar-refractivity contribution in [1.82, 2.24) is 5.32 Å². The van der Waals surface area contributed by atoms with E-state index in [1.807, 2.05) is 0 Å². The maximum atomic E-state index is 13.7. The van der Waals surface area contributed by atoms with Gasteiger partial charge in [-0.15, -0.1) is 0 Å². The Morgan fingerprint density at radius 1 is 1.00 bits per heavy atom. The summed E-state index contributed by atoms with van der Waals surface area (Å²) < 4.78 is 53.8. The minimum absolute atomic E-state index is 0.00926. The molecule has 1 atom stereocenters. The molecule has 0 heterocycles. The number of rotatable bonds is 4. The van der Waals surface area contributed by atoms with Crippen LogP contribution in [0.3, 0.4) is 0 Å². The Labute approximate surface area is 124 Å². The van der Waals surface area contributed by atoms with E-state index < -0.39 is 29.3 Å². The second-order valence-electron chi connectivity index (χ2n) is 4.53. The molecule has 0 spiro atoms. The first-order chi connectivity index (χ1) is 9.93. The predicted octanol–water partition coefficient (Wildman–Crippen LogP) is 4.40. The Morgan fingerprint density at radius 3 is 2.14 bits per heavy atom. The number of halogens is 5. The lowest BCUT2D eigenvalue weighted by molar-refractivity contribution is 0.494. The average molecular weight is 318 g/mol. The maximum Gasteiger partial charge on any atom is 0.160 e. The summed E-state index contributed by atoms with van der Waals surface area (Å²) in [6, 6.07) is 4.65. The summed E-state index contributed by atoms with van der Waals surface area (Å²) in [4.78, 5) is 0. The topological polar surface area (TPSA) is 12.0 Å². The third kappa shape index (κ3) is 3.36. The number of likely N-dealkylation sites (N-methyl/N-ethyl adjacent to an activating group) is 1. The molecule has 2 aromatic rings. The van der Waals surface area contributed by atoms with Gasteiger partial charge in [-0.05, 0) is 43.3 Å². The lowest BCUT2D eigenvalue weighted by atomic mass is 9.98. The quantitative estimate of drug-likeness (QED) is 0.651. The van der Waals surface area contributed by atoms with E-state index in [9.17, 15) is 17.6 Å². The van der Waals surface area contributed by atoms with Crippen LogP contribution in [-0.2, 0) is 6.42 Å². The van der Waals surface area contributed by atoms with E-state index in [0.717, 1.165) is 24.3 Å². The summed E-state index contributed by atoms with van der Waals surface area (Å²) in [5.74, 6) is -3.54. The van der Waals surface area contributed by atoms with Gasteiger partial charge >= 0.3 is 0 Å². The molecule has 0 aliphatic rings. The van der Waals surface area contributed by atoms with E-state index in [-0.39, 0.29) is 22.6 Å². The Morgan fingerprint density at radius 2 is 1.57 bits per heavy atom. The largest absolute Gasteiger partial charge is 0.313 e. The summed E-state index contributed by atoms with van der Waals surface area (Å²) in [7, 11) is 1.54. The second-order valence-corrected chi connectivity index (χ2v) is 4.94. The Balaban J connectivity index is 2.39. The van der Waals surface area contributed by atoms with E-state index in [4.69, 9.17) is 11.6 Å². The van der Waals surface area contributed by atoms with Crippen LogP contribution in [0, 0.1) is 23.3 Å². The van der Waals surface area contributed by atoms with Crippen LogP contribution in [0.15, 0.2) is 30.3 Å². The molecule has 2 aromatic carbocycles. The molecule has 1 unspecified atom stereocenters. The highest BCUT2D eigenvalue weighted by molar-refractivity contribution is 6.31. The van der Waals surface area contributed by atoms with Gasteiger partial charge in [0, 0.05) is 16.6 Å². The van der Waals surface area contributed by atoms with Crippen LogP contribution in [0.1, 0.15) is 17.2 Å². The number of hydrogen-bond acceptors (Lipinski definition) is 1. The van der Waals surface area contributed by atoms with E-state index in [2.05, 4.69) is 5.32 Å². The molecule has 0 fully saturated rings. The fourth-order valence-corrected chi connectivity index (χ4v) is 2.39. The molecule has 6 heteroatoms. The second kappa shape index (κ2) is 6.45. The molecule has 112 valence electrons. The lowest BCUT2D eigenvalue weighted by Gasteiger charge is -2.19. The molecule has 1 nitrogen and oxygen atoms in total. The van der Waals surface area contributed by atoms with Crippen molar-refractivity contribution in [2.24, 2.45) is 0 Å². The molecule has 1 N–H and O–H groups in total. The van der Waals surface area contributed by atoms with Crippen molar-refractivity contribution >= 4 is 11.6 Å². The first-order valence-corrected chi connectivity index (χ1v) is 6.56. The SMILES string of the molecule is CNC(Cc1c(F)cccc1F)c1cc(F)c(F)cc1Cl. The van der Waals surface area contributed by atoms with Crippen molar-refractivity contribution in [2.75, 3.05) is 7.05 Å². The fraction of sp³-hybridized carbons (Fsp3) is 0.200. The molecule has 0 aromatic heterocycles. The van der Waals surface area contributed by atoms with Crippen molar-refractivity contribution in [3.8, 4) is 0 Å². The van der Waals surface area contributed by atoms with Crippen LogP contribution in [0.2, 0.25) is 5.02 Å². The predicted molar refractivity (Wildman–Crippen MR) is 73.2 cm³/mol. The van der Waals surface area contributed by atoms with Gasteiger partial charge in [0.15, 0.2) is 11.6 Å². The molecular weight excluding hydrogens is 306 g/mol. The number of nitrogens with one attached hydrogen (secondary N) is 1. The molecule has 0 saturated heterocycles. The summed E-state index contributed by atoms with van der Waals surface area (Å²) in [6.07, 6.45) is -0.0835. The van der Waals surface area contributed by atoms with Gasteiger partial charge in [-0.1, -0.05) is 17.7 Å². The Bertz CT molecular complexity index is 640. The van der Waals surface area contributed by atoms with Gasteiger partial charge in [-0.25, -0.2) is 17.6 Å². The van der Waals surface area contributed by atoms with Crippen molar-refractivity contribution in [1.29, 1.82) is 0 Å². The third-order valence-electron chi connectivity index (χ3n) is 3.23. The maximum absolute atomic E-state index is 13.7. The van der Waals surface area contributed by atoms with Gasteiger partial charge in [0.25, 0.3) is 0 Å². The molecule has 0 radical (unpaired) electrons. The van der Waals surface area contributed by atoms with Gasteiger partial charge < -0.3 is 5.32 Å². The van der Waals surface area contributed by atoms with E-state index >= 15 is 0 Å². The normalized spacial score (nSPS) is 12.5. The van der Waals surface area contributed by atoms with Crippen molar-refractivity contribution in [3.05, 3.63) is 69.8 Å². The van der Waals surface area contributed by atoms with E-state index in [1.165, 1.54) is 6.07 Å². The Hall–Kier alpha value is -1.59. The summed E-state index contributed by atoms with van der Waals surface area (Å²) >= 11 is 5.89. The van der Waals surface area contributed by atoms with Crippen molar-refractivity contribution in [2.45, 2.75) is 12.5 Å². The zero-order valence-electron chi connectivity index (χ0n) is 11.1. The van der Waals surface area contributed by atoms with Crippen LogP contribution >= 0.6 is 11.6 Å². The number of hydrogen-bond donors (Lipinski definition) is 1. The molecule has 0 amide bonds. The minimum Gasteiger partial charge on any atom is -0.313 e. The van der Waals surface area contributed by atoms with Crippen LogP contribution < -0.4 is 5.32 Å². The van der Waals surface area contributed by atoms with Crippen LogP contribution in [0.4, 0.5) is 17.6 Å². The first kappa shape index (κ1) is 15.8. The molecular formula is C15H12ClF4N. The highest BCUT2D eigenvalue weighted by Gasteiger charge is 2.20. The van der Waals surface area contributed by atoms with E-state index in [0.29, 0.717) is 0 Å².